The van der Waals surface area contributed by atoms with Gasteiger partial charge in [0.15, 0.2) is 0 Å². The Labute approximate surface area is 101 Å². The first kappa shape index (κ1) is 11.1. The molecule has 0 N–H and O–H groups in total. The Hall–Kier alpha value is 0. The summed E-state index contributed by atoms with van der Waals surface area (Å²) in [4.78, 5) is 0. The maximum absolute atomic E-state index is 2.55. The zero-order chi connectivity index (χ0) is 11.3. The third kappa shape index (κ3) is 2.05. The van der Waals surface area contributed by atoms with Crippen LogP contribution in [0.25, 0.3) is 0 Å². The molecular formula is C16H28. The molecule has 0 aromatic rings. The van der Waals surface area contributed by atoms with Crippen LogP contribution < -0.4 is 0 Å². The topological polar surface area (TPSA) is 0 Å². The average Bonchev–Trinajstić information content (AvgIpc) is 3.12. The molecule has 6 unspecified atom stereocenters. The maximum Gasteiger partial charge on any atom is -0.0294 e. The van der Waals surface area contributed by atoms with E-state index in [1.807, 2.05) is 0 Å². The first-order chi connectivity index (χ1) is 7.64. The van der Waals surface area contributed by atoms with E-state index in [2.05, 4.69) is 20.8 Å². The molecule has 0 saturated heterocycles. The number of hydrogen-bond donors (Lipinski definition) is 0. The molecule has 0 spiro atoms. The van der Waals surface area contributed by atoms with Gasteiger partial charge in [-0.15, -0.1) is 0 Å². The van der Waals surface area contributed by atoms with Gasteiger partial charge in [0.25, 0.3) is 0 Å². The highest BCUT2D eigenvalue weighted by molar-refractivity contribution is 5.06. The summed E-state index contributed by atoms with van der Waals surface area (Å²) in [6, 6.07) is 0. The summed E-state index contributed by atoms with van der Waals surface area (Å²) >= 11 is 0. The first-order valence-corrected chi connectivity index (χ1v) is 7.64. The number of hydrogen-bond acceptors (Lipinski definition) is 0. The largest absolute Gasteiger partial charge is 0.0654 e. The maximum atomic E-state index is 2.55. The van der Waals surface area contributed by atoms with E-state index >= 15 is 0 Å². The van der Waals surface area contributed by atoms with Gasteiger partial charge >= 0.3 is 0 Å². The van der Waals surface area contributed by atoms with Gasteiger partial charge in [0.2, 0.25) is 0 Å². The lowest BCUT2D eigenvalue weighted by Gasteiger charge is -2.10. The third-order valence-corrected chi connectivity index (χ3v) is 5.93. The lowest BCUT2D eigenvalue weighted by Crippen LogP contribution is -1.99. The Bertz CT molecular complexity index is 269. The zero-order valence-electron chi connectivity index (χ0n) is 11.3. The van der Waals surface area contributed by atoms with Gasteiger partial charge in [-0.3, -0.25) is 0 Å². The smallest absolute Gasteiger partial charge is 0.0294 e. The second kappa shape index (κ2) is 3.75. The fourth-order valence-corrected chi connectivity index (χ4v) is 4.14. The monoisotopic (exact) mass is 220 g/mol. The van der Waals surface area contributed by atoms with Crippen LogP contribution in [0.5, 0.6) is 0 Å². The standard InChI is InChI=1S/C16H28/c1-4-5-6-16(3)10-13(16)8-12-9-15(12)14-7-11(14)2/h11-15H,4-10H2,1-3H3. The molecule has 0 aromatic heterocycles. The predicted octanol–water partition coefficient (Wildman–Crippen LogP) is 4.89. The predicted molar refractivity (Wildman–Crippen MR) is 69.2 cm³/mol. The average molecular weight is 220 g/mol. The van der Waals surface area contributed by atoms with Crippen LogP contribution in [0.2, 0.25) is 0 Å². The van der Waals surface area contributed by atoms with Gasteiger partial charge in [-0.25, -0.2) is 0 Å². The Morgan fingerprint density at radius 1 is 1.19 bits per heavy atom. The van der Waals surface area contributed by atoms with Crippen molar-refractivity contribution < 1.29 is 0 Å². The SMILES string of the molecule is CCCCC1(C)CC1CC1CC1C1CC1C. The minimum atomic E-state index is 0.776. The van der Waals surface area contributed by atoms with Gasteiger partial charge in [0.05, 0.1) is 0 Å². The van der Waals surface area contributed by atoms with E-state index in [1.54, 1.807) is 25.7 Å². The first-order valence-electron chi connectivity index (χ1n) is 7.64. The number of unbranched alkanes of at least 4 members (excludes halogenated alkanes) is 1. The summed E-state index contributed by atoms with van der Waals surface area (Å²) in [6.07, 6.45) is 10.6. The lowest BCUT2D eigenvalue weighted by atomic mass is 9.96. The molecule has 0 heteroatoms. The molecule has 16 heavy (non-hydrogen) atoms. The van der Waals surface area contributed by atoms with E-state index in [4.69, 9.17) is 0 Å². The van der Waals surface area contributed by atoms with E-state index in [0.29, 0.717) is 0 Å². The van der Waals surface area contributed by atoms with E-state index in [1.165, 1.54) is 25.2 Å². The molecule has 0 aromatic carbocycles. The molecule has 3 saturated carbocycles. The van der Waals surface area contributed by atoms with Gasteiger partial charge in [-0.05, 0) is 67.1 Å². The molecule has 0 nitrogen and oxygen atoms in total. The molecule has 3 fully saturated rings. The van der Waals surface area contributed by atoms with Gasteiger partial charge in [0, 0.05) is 0 Å². The third-order valence-electron chi connectivity index (χ3n) is 5.93. The van der Waals surface area contributed by atoms with E-state index in [0.717, 1.165) is 29.1 Å². The van der Waals surface area contributed by atoms with Crippen molar-refractivity contribution in [3.05, 3.63) is 0 Å². The van der Waals surface area contributed by atoms with Crippen molar-refractivity contribution in [2.45, 2.75) is 65.7 Å². The van der Waals surface area contributed by atoms with E-state index < -0.39 is 0 Å². The minimum absolute atomic E-state index is 0.776. The van der Waals surface area contributed by atoms with E-state index in [9.17, 15) is 0 Å². The van der Waals surface area contributed by atoms with Gasteiger partial charge in [0.1, 0.15) is 0 Å². The van der Waals surface area contributed by atoms with Crippen LogP contribution in [0.15, 0.2) is 0 Å². The van der Waals surface area contributed by atoms with Crippen molar-refractivity contribution >= 4 is 0 Å². The second-order valence-electron chi connectivity index (χ2n) is 7.43. The Kier molecular flexibility index (Phi) is 2.60. The summed E-state index contributed by atoms with van der Waals surface area (Å²) < 4.78 is 0. The summed E-state index contributed by atoms with van der Waals surface area (Å²) in [5, 5.41) is 0. The van der Waals surface area contributed by atoms with Crippen LogP contribution in [0, 0.1) is 35.0 Å². The van der Waals surface area contributed by atoms with Crippen LogP contribution in [-0.4, -0.2) is 0 Å². The molecule has 92 valence electrons. The van der Waals surface area contributed by atoms with E-state index in [-0.39, 0.29) is 0 Å². The van der Waals surface area contributed by atoms with Crippen molar-refractivity contribution in [1.82, 2.24) is 0 Å². The fraction of sp³-hybridized carbons (Fsp3) is 1.00. The van der Waals surface area contributed by atoms with Crippen molar-refractivity contribution in [2.24, 2.45) is 35.0 Å². The molecule has 0 heterocycles. The van der Waals surface area contributed by atoms with Crippen LogP contribution >= 0.6 is 0 Å². The Morgan fingerprint density at radius 2 is 1.94 bits per heavy atom. The van der Waals surface area contributed by atoms with Crippen LogP contribution in [-0.2, 0) is 0 Å². The fourth-order valence-electron chi connectivity index (χ4n) is 4.14. The summed E-state index contributed by atoms with van der Waals surface area (Å²) in [6.45, 7) is 7.32. The van der Waals surface area contributed by atoms with Crippen molar-refractivity contribution in [2.75, 3.05) is 0 Å². The highest BCUT2D eigenvalue weighted by Crippen LogP contribution is 2.65. The minimum Gasteiger partial charge on any atom is -0.0654 e. The Morgan fingerprint density at radius 3 is 2.56 bits per heavy atom. The molecule has 6 atom stereocenters. The van der Waals surface area contributed by atoms with Crippen LogP contribution in [0.4, 0.5) is 0 Å². The van der Waals surface area contributed by atoms with Crippen molar-refractivity contribution in [1.29, 1.82) is 0 Å². The Balaban J connectivity index is 1.39. The highest BCUT2D eigenvalue weighted by atomic mass is 14.6. The zero-order valence-corrected chi connectivity index (χ0v) is 11.3. The normalized spacial score (nSPS) is 53.8. The summed E-state index contributed by atoms with van der Waals surface area (Å²) in [5.41, 5.74) is 0.776. The van der Waals surface area contributed by atoms with Crippen molar-refractivity contribution in [3.63, 3.8) is 0 Å². The molecule has 0 radical (unpaired) electrons. The molecule has 0 amide bonds. The molecule has 3 rings (SSSR count). The lowest BCUT2D eigenvalue weighted by molar-refractivity contribution is 0.410. The summed E-state index contributed by atoms with van der Waals surface area (Å²) in [7, 11) is 0. The molecular weight excluding hydrogens is 192 g/mol. The van der Waals surface area contributed by atoms with Crippen LogP contribution in [0.1, 0.15) is 65.7 Å². The molecule has 3 aliphatic rings. The van der Waals surface area contributed by atoms with Gasteiger partial charge < -0.3 is 0 Å². The summed E-state index contributed by atoms with van der Waals surface area (Å²) in [5.74, 6) is 5.68. The van der Waals surface area contributed by atoms with Crippen LogP contribution in [0.3, 0.4) is 0 Å². The van der Waals surface area contributed by atoms with Crippen molar-refractivity contribution in [3.8, 4) is 0 Å². The highest BCUT2D eigenvalue weighted by Gasteiger charge is 2.56. The molecule has 3 aliphatic carbocycles. The molecule has 0 bridgehead atoms. The molecule has 0 aliphatic heterocycles. The second-order valence-corrected chi connectivity index (χ2v) is 7.43. The number of rotatable bonds is 6. The van der Waals surface area contributed by atoms with Gasteiger partial charge in [-0.1, -0.05) is 33.6 Å². The quantitative estimate of drug-likeness (QED) is 0.598. The van der Waals surface area contributed by atoms with Gasteiger partial charge in [-0.2, -0.15) is 0 Å².